The first kappa shape index (κ1) is 13.0. The molecule has 0 aromatic carbocycles. The molecule has 0 aliphatic heterocycles. The molecule has 0 saturated heterocycles. The van der Waals surface area contributed by atoms with Crippen LogP contribution in [-0.4, -0.2) is 23.5 Å². The third-order valence-electron chi connectivity index (χ3n) is 2.16. The van der Waals surface area contributed by atoms with Crippen LogP contribution in [0.4, 0.5) is 0 Å². The van der Waals surface area contributed by atoms with Crippen molar-refractivity contribution in [2.24, 2.45) is 0 Å². The maximum Gasteiger partial charge on any atom is 0.0925 e. The number of unbranched alkanes of at least 4 members (excludes halogenated alkanes) is 1. The van der Waals surface area contributed by atoms with E-state index in [9.17, 15) is 0 Å². The highest BCUT2D eigenvalue weighted by atomic mass is 32.2. The van der Waals surface area contributed by atoms with E-state index >= 15 is 0 Å². The summed E-state index contributed by atoms with van der Waals surface area (Å²) in [5.74, 6) is 1.28. The monoisotopic (exact) mass is 244 g/mol. The zero-order chi connectivity index (χ0) is 10.9. The van der Waals surface area contributed by atoms with Gasteiger partial charge in [-0.1, -0.05) is 6.92 Å². The molecule has 15 heavy (non-hydrogen) atoms. The fourth-order valence-electron chi connectivity index (χ4n) is 1.30. The summed E-state index contributed by atoms with van der Waals surface area (Å²) in [5, 5.41) is 4.70. The number of thiazole rings is 1. The van der Waals surface area contributed by atoms with Crippen molar-refractivity contribution in [3.05, 3.63) is 16.1 Å². The Morgan fingerprint density at radius 1 is 1.47 bits per heavy atom. The molecule has 1 rings (SSSR count). The van der Waals surface area contributed by atoms with Crippen molar-refractivity contribution in [3.63, 3.8) is 0 Å². The zero-order valence-electron chi connectivity index (χ0n) is 9.58. The van der Waals surface area contributed by atoms with E-state index in [0.29, 0.717) is 0 Å². The number of aryl methyl sites for hydroxylation is 1. The Bertz CT molecular complexity index is 261. The zero-order valence-corrected chi connectivity index (χ0v) is 11.2. The van der Waals surface area contributed by atoms with Gasteiger partial charge in [-0.2, -0.15) is 11.8 Å². The molecular weight excluding hydrogens is 224 g/mol. The second-order valence-electron chi connectivity index (χ2n) is 3.45. The van der Waals surface area contributed by atoms with E-state index in [0.717, 1.165) is 19.5 Å². The van der Waals surface area contributed by atoms with E-state index in [1.807, 2.05) is 29.3 Å². The van der Waals surface area contributed by atoms with Crippen molar-refractivity contribution >= 4 is 23.1 Å². The van der Waals surface area contributed by atoms with Gasteiger partial charge in [-0.05, 0) is 37.8 Å². The molecule has 1 heterocycles. The minimum atomic E-state index is 0.983. The lowest BCUT2D eigenvalue weighted by atomic mass is 10.3. The fraction of sp³-hybridized carbons (Fsp3) is 0.727. The van der Waals surface area contributed by atoms with Gasteiger partial charge in [-0.25, -0.2) is 4.98 Å². The molecule has 1 N–H and O–H groups in total. The Morgan fingerprint density at radius 3 is 3.00 bits per heavy atom. The molecule has 0 saturated carbocycles. The van der Waals surface area contributed by atoms with Gasteiger partial charge in [0.05, 0.1) is 5.01 Å². The van der Waals surface area contributed by atoms with Crippen LogP contribution in [0.15, 0.2) is 6.20 Å². The van der Waals surface area contributed by atoms with E-state index in [2.05, 4.69) is 23.5 Å². The quantitative estimate of drug-likeness (QED) is 0.712. The predicted octanol–water partition coefficient (Wildman–Crippen LogP) is 2.94. The molecule has 0 radical (unpaired) electrons. The van der Waals surface area contributed by atoms with Gasteiger partial charge >= 0.3 is 0 Å². The second-order valence-corrected chi connectivity index (χ2v) is 5.64. The molecule has 0 aliphatic rings. The van der Waals surface area contributed by atoms with E-state index in [1.165, 1.54) is 28.5 Å². The van der Waals surface area contributed by atoms with E-state index in [-0.39, 0.29) is 0 Å². The Labute approximate surface area is 101 Å². The Hall–Kier alpha value is -0.0600. The number of nitrogens with one attached hydrogen (secondary N) is 1. The Morgan fingerprint density at radius 2 is 2.33 bits per heavy atom. The Balaban J connectivity index is 2.04. The number of hydrogen-bond acceptors (Lipinski definition) is 4. The highest BCUT2D eigenvalue weighted by molar-refractivity contribution is 7.98. The van der Waals surface area contributed by atoms with Crippen LogP contribution in [0.1, 0.15) is 29.7 Å². The summed E-state index contributed by atoms with van der Waals surface area (Å²) in [6, 6.07) is 0. The fourth-order valence-corrected chi connectivity index (χ4v) is 2.63. The second kappa shape index (κ2) is 8.13. The van der Waals surface area contributed by atoms with E-state index < -0.39 is 0 Å². The maximum atomic E-state index is 4.34. The topological polar surface area (TPSA) is 24.9 Å². The lowest BCUT2D eigenvalue weighted by Crippen LogP contribution is -2.13. The highest BCUT2D eigenvalue weighted by Crippen LogP contribution is 2.12. The van der Waals surface area contributed by atoms with Crippen molar-refractivity contribution in [2.75, 3.05) is 18.6 Å². The molecule has 2 nitrogen and oxygen atoms in total. The molecule has 0 unspecified atom stereocenters. The number of aromatic nitrogens is 1. The van der Waals surface area contributed by atoms with Gasteiger partial charge in [0.1, 0.15) is 0 Å². The molecule has 0 amide bonds. The highest BCUT2D eigenvalue weighted by Gasteiger charge is 1.98. The third kappa shape index (κ3) is 5.54. The summed E-state index contributed by atoms with van der Waals surface area (Å²) in [5.41, 5.74) is 0. The van der Waals surface area contributed by atoms with Crippen LogP contribution >= 0.6 is 23.1 Å². The number of nitrogens with zero attached hydrogens (tertiary/aromatic N) is 1. The molecule has 86 valence electrons. The van der Waals surface area contributed by atoms with Crippen LogP contribution in [0.25, 0.3) is 0 Å². The van der Waals surface area contributed by atoms with E-state index in [1.54, 1.807) is 0 Å². The summed E-state index contributed by atoms with van der Waals surface area (Å²) in [6.07, 6.45) is 7.81. The Kier molecular flexibility index (Phi) is 7.05. The molecule has 1 aromatic heterocycles. The summed E-state index contributed by atoms with van der Waals surface area (Å²) in [7, 11) is 0. The molecule has 0 bridgehead atoms. The minimum Gasteiger partial charge on any atom is -0.312 e. The van der Waals surface area contributed by atoms with Crippen molar-refractivity contribution < 1.29 is 0 Å². The minimum absolute atomic E-state index is 0.983. The van der Waals surface area contributed by atoms with Crippen LogP contribution in [-0.2, 0) is 13.0 Å². The SMILES string of the molecule is CCc1ncc(CNCCCCSC)s1. The largest absolute Gasteiger partial charge is 0.312 e. The van der Waals surface area contributed by atoms with Gasteiger partial charge in [0, 0.05) is 17.6 Å². The van der Waals surface area contributed by atoms with Gasteiger partial charge in [0.15, 0.2) is 0 Å². The van der Waals surface area contributed by atoms with Crippen LogP contribution in [0.5, 0.6) is 0 Å². The van der Waals surface area contributed by atoms with Crippen LogP contribution in [0.3, 0.4) is 0 Å². The molecular formula is C11H20N2S2. The molecule has 0 aliphatic carbocycles. The summed E-state index contributed by atoms with van der Waals surface area (Å²) >= 11 is 3.75. The summed E-state index contributed by atoms with van der Waals surface area (Å²) < 4.78 is 0. The van der Waals surface area contributed by atoms with Gasteiger partial charge < -0.3 is 5.32 Å². The molecule has 4 heteroatoms. The van der Waals surface area contributed by atoms with Crippen LogP contribution < -0.4 is 5.32 Å². The molecule has 0 atom stereocenters. The normalized spacial score (nSPS) is 10.8. The summed E-state index contributed by atoms with van der Waals surface area (Å²) in [6.45, 7) is 4.26. The van der Waals surface area contributed by atoms with Crippen molar-refractivity contribution in [1.29, 1.82) is 0 Å². The first-order chi connectivity index (χ1) is 7.36. The molecule has 0 spiro atoms. The van der Waals surface area contributed by atoms with Crippen molar-refractivity contribution in [3.8, 4) is 0 Å². The molecule has 0 fully saturated rings. The van der Waals surface area contributed by atoms with Gasteiger partial charge in [-0.3, -0.25) is 0 Å². The maximum absolute atomic E-state index is 4.34. The summed E-state index contributed by atoms with van der Waals surface area (Å²) in [4.78, 5) is 5.70. The lowest BCUT2D eigenvalue weighted by Gasteiger charge is -2.01. The van der Waals surface area contributed by atoms with Crippen LogP contribution in [0.2, 0.25) is 0 Å². The van der Waals surface area contributed by atoms with Crippen molar-refractivity contribution in [1.82, 2.24) is 10.3 Å². The van der Waals surface area contributed by atoms with Crippen LogP contribution in [0, 0.1) is 0 Å². The first-order valence-corrected chi connectivity index (χ1v) is 7.71. The molecule has 1 aromatic rings. The third-order valence-corrected chi connectivity index (χ3v) is 3.99. The smallest absolute Gasteiger partial charge is 0.0925 e. The standard InChI is InChI=1S/C11H20N2S2/c1-3-11-13-9-10(15-11)8-12-6-4-5-7-14-2/h9,12H,3-8H2,1-2H3. The van der Waals surface area contributed by atoms with Gasteiger partial charge in [0.2, 0.25) is 0 Å². The number of hydrogen-bond donors (Lipinski definition) is 1. The lowest BCUT2D eigenvalue weighted by molar-refractivity contribution is 0.648. The van der Waals surface area contributed by atoms with Crippen molar-refractivity contribution in [2.45, 2.75) is 32.7 Å². The number of thioether (sulfide) groups is 1. The van der Waals surface area contributed by atoms with Gasteiger partial charge in [0.25, 0.3) is 0 Å². The average molecular weight is 244 g/mol. The number of rotatable bonds is 8. The predicted molar refractivity (Wildman–Crippen MR) is 70.8 cm³/mol. The van der Waals surface area contributed by atoms with E-state index in [4.69, 9.17) is 0 Å². The average Bonchev–Trinajstić information content (AvgIpc) is 2.71. The van der Waals surface area contributed by atoms with Gasteiger partial charge in [-0.15, -0.1) is 11.3 Å². The first-order valence-electron chi connectivity index (χ1n) is 5.50.